The van der Waals surface area contributed by atoms with Crippen molar-refractivity contribution in [2.75, 3.05) is 29.7 Å². The van der Waals surface area contributed by atoms with Crippen LogP contribution >= 0.6 is 0 Å². The van der Waals surface area contributed by atoms with Gasteiger partial charge >= 0.3 is 12.0 Å². The van der Waals surface area contributed by atoms with Gasteiger partial charge in [-0.15, -0.1) is 0 Å². The number of benzene rings is 4. The molecule has 2 amide bonds. The first-order valence-corrected chi connectivity index (χ1v) is 12.7. The van der Waals surface area contributed by atoms with Gasteiger partial charge in [0.1, 0.15) is 17.1 Å². The molecule has 4 aromatic carbocycles. The van der Waals surface area contributed by atoms with Crippen molar-refractivity contribution in [3.8, 4) is 16.9 Å². The van der Waals surface area contributed by atoms with Crippen molar-refractivity contribution in [3.05, 3.63) is 102 Å². The Hall–Kier alpha value is -4.85. The van der Waals surface area contributed by atoms with Gasteiger partial charge in [0, 0.05) is 12.7 Å². The number of rotatable bonds is 7. The standard InChI is InChI=1S/C32H32FN3O4/c1-32(2,3)23-10-6-9-13-27(23)36(4)28-16-14-21(20-15-17-29(40-5)22(18-20)30(37)38)19-26(28)35-31(39)34-25-12-8-7-11-24(25)33/h6-19H,1-5H3,(H,37,38)(H2,34,35,39). The second-order valence-corrected chi connectivity index (χ2v) is 10.3. The Labute approximate surface area is 233 Å². The lowest BCUT2D eigenvalue weighted by molar-refractivity contribution is 0.0693. The topological polar surface area (TPSA) is 90.9 Å². The molecule has 4 aromatic rings. The lowest BCUT2D eigenvalue weighted by Crippen LogP contribution is -2.23. The highest BCUT2D eigenvalue weighted by Crippen LogP contribution is 2.39. The molecule has 206 valence electrons. The van der Waals surface area contributed by atoms with E-state index in [4.69, 9.17) is 4.74 Å². The first-order chi connectivity index (χ1) is 19.0. The molecule has 0 bridgehead atoms. The van der Waals surface area contributed by atoms with Crippen LogP contribution in [0.4, 0.5) is 31.9 Å². The molecule has 0 saturated carbocycles. The van der Waals surface area contributed by atoms with Gasteiger partial charge in [-0.2, -0.15) is 0 Å². The van der Waals surface area contributed by atoms with Gasteiger partial charge < -0.3 is 25.4 Å². The summed E-state index contributed by atoms with van der Waals surface area (Å²) >= 11 is 0. The lowest BCUT2D eigenvalue weighted by Gasteiger charge is -2.30. The number of amides is 2. The zero-order valence-electron chi connectivity index (χ0n) is 23.1. The number of methoxy groups -OCH3 is 1. The maximum atomic E-state index is 14.2. The molecule has 0 aromatic heterocycles. The van der Waals surface area contributed by atoms with Crippen molar-refractivity contribution in [1.29, 1.82) is 0 Å². The van der Waals surface area contributed by atoms with E-state index in [1.165, 1.54) is 25.3 Å². The summed E-state index contributed by atoms with van der Waals surface area (Å²) in [7, 11) is 3.33. The Kier molecular flexibility index (Phi) is 8.09. The van der Waals surface area contributed by atoms with Gasteiger partial charge in [0.05, 0.1) is 24.2 Å². The third-order valence-electron chi connectivity index (χ3n) is 6.56. The summed E-state index contributed by atoms with van der Waals surface area (Å²) in [6.07, 6.45) is 0. The van der Waals surface area contributed by atoms with E-state index < -0.39 is 17.8 Å². The molecule has 40 heavy (non-hydrogen) atoms. The van der Waals surface area contributed by atoms with E-state index in [-0.39, 0.29) is 22.4 Å². The lowest BCUT2D eigenvalue weighted by atomic mass is 9.85. The van der Waals surface area contributed by atoms with E-state index in [1.807, 2.05) is 42.3 Å². The molecule has 0 aliphatic heterocycles. The average molecular weight is 542 g/mol. The second-order valence-electron chi connectivity index (χ2n) is 10.3. The number of para-hydroxylation sites is 2. The third kappa shape index (κ3) is 6.07. The number of hydrogen-bond donors (Lipinski definition) is 3. The Morgan fingerprint density at radius 1 is 0.825 bits per heavy atom. The molecule has 7 nitrogen and oxygen atoms in total. The number of nitrogens with zero attached hydrogens (tertiary/aromatic N) is 1. The zero-order valence-corrected chi connectivity index (χ0v) is 23.1. The minimum atomic E-state index is -1.11. The van der Waals surface area contributed by atoms with Crippen LogP contribution in [0.25, 0.3) is 11.1 Å². The highest BCUT2D eigenvalue weighted by molar-refractivity contribution is 6.03. The van der Waals surface area contributed by atoms with Crippen molar-refractivity contribution < 1.29 is 23.8 Å². The molecule has 0 saturated heterocycles. The summed E-state index contributed by atoms with van der Waals surface area (Å²) in [4.78, 5) is 26.8. The van der Waals surface area contributed by atoms with Crippen LogP contribution in [0.1, 0.15) is 36.7 Å². The second kappa shape index (κ2) is 11.5. The highest BCUT2D eigenvalue weighted by Gasteiger charge is 2.22. The fourth-order valence-electron chi connectivity index (χ4n) is 4.53. The summed E-state index contributed by atoms with van der Waals surface area (Å²) in [6.45, 7) is 6.40. The van der Waals surface area contributed by atoms with Gasteiger partial charge in [-0.05, 0) is 64.6 Å². The maximum Gasteiger partial charge on any atom is 0.339 e. The molecule has 4 rings (SSSR count). The first kappa shape index (κ1) is 28.2. The fourth-order valence-corrected chi connectivity index (χ4v) is 4.53. The molecule has 0 heterocycles. The van der Waals surface area contributed by atoms with Gasteiger partial charge in [0.25, 0.3) is 0 Å². The summed E-state index contributed by atoms with van der Waals surface area (Å²) in [6, 6.07) is 23.7. The van der Waals surface area contributed by atoms with Gasteiger partial charge in [0.2, 0.25) is 0 Å². The maximum absolute atomic E-state index is 14.2. The number of urea groups is 1. The summed E-state index contributed by atoms with van der Waals surface area (Å²) < 4.78 is 19.4. The number of ether oxygens (including phenoxy) is 1. The van der Waals surface area contributed by atoms with E-state index in [0.29, 0.717) is 22.5 Å². The van der Waals surface area contributed by atoms with E-state index in [9.17, 15) is 19.1 Å². The molecule has 0 atom stereocenters. The van der Waals surface area contributed by atoms with Crippen LogP contribution < -0.4 is 20.3 Å². The Morgan fingerprint density at radius 2 is 1.45 bits per heavy atom. The predicted octanol–water partition coefficient (Wildman–Crippen LogP) is 7.91. The Morgan fingerprint density at radius 3 is 2.12 bits per heavy atom. The largest absolute Gasteiger partial charge is 0.496 e. The van der Waals surface area contributed by atoms with Crippen LogP contribution in [0.5, 0.6) is 5.75 Å². The number of carboxylic acid groups (broad SMARTS) is 1. The van der Waals surface area contributed by atoms with Crippen molar-refractivity contribution >= 4 is 34.7 Å². The van der Waals surface area contributed by atoms with Crippen molar-refractivity contribution in [2.45, 2.75) is 26.2 Å². The third-order valence-corrected chi connectivity index (χ3v) is 6.56. The molecule has 0 spiro atoms. The smallest absolute Gasteiger partial charge is 0.339 e. The van der Waals surface area contributed by atoms with Crippen molar-refractivity contribution in [2.24, 2.45) is 0 Å². The number of halogens is 1. The van der Waals surface area contributed by atoms with Gasteiger partial charge in [-0.1, -0.05) is 63.2 Å². The van der Waals surface area contributed by atoms with E-state index in [2.05, 4.69) is 37.5 Å². The van der Waals surface area contributed by atoms with E-state index >= 15 is 0 Å². The molecular weight excluding hydrogens is 509 g/mol. The predicted molar refractivity (Wildman–Crippen MR) is 158 cm³/mol. The van der Waals surface area contributed by atoms with E-state index in [0.717, 1.165) is 11.3 Å². The summed E-state index contributed by atoms with van der Waals surface area (Å²) in [5, 5.41) is 15.1. The van der Waals surface area contributed by atoms with Gasteiger partial charge in [-0.25, -0.2) is 14.0 Å². The van der Waals surface area contributed by atoms with Crippen LogP contribution in [-0.4, -0.2) is 31.3 Å². The number of anilines is 4. The number of aromatic carboxylic acids is 1. The quantitative estimate of drug-likeness (QED) is 0.221. The molecule has 3 N–H and O–H groups in total. The zero-order chi connectivity index (χ0) is 29.0. The van der Waals surface area contributed by atoms with Crippen molar-refractivity contribution in [3.63, 3.8) is 0 Å². The van der Waals surface area contributed by atoms with Crippen LogP contribution in [0, 0.1) is 5.82 Å². The van der Waals surface area contributed by atoms with E-state index in [1.54, 1.807) is 30.3 Å². The monoisotopic (exact) mass is 541 g/mol. The van der Waals surface area contributed by atoms with Crippen LogP contribution in [-0.2, 0) is 5.41 Å². The molecule has 0 aliphatic carbocycles. The summed E-state index contributed by atoms with van der Waals surface area (Å²) in [5.74, 6) is -1.42. The number of carbonyl (C=O) groups is 2. The Bertz CT molecular complexity index is 1560. The molecule has 0 aliphatic rings. The molecular formula is C32H32FN3O4. The minimum absolute atomic E-state index is 0.0205. The average Bonchev–Trinajstić information content (AvgIpc) is 2.93. The normalized spacial score (nSPS) is 11.1. The Balaban J connectivity index is 1.80. The first-order valence-electron chi connectivity index (χ1n) is 12.7. The van der Waals surface area contributed by atoms with Gasteiger partial charge in [-0.3, -0.25) is 0 Å². The van der Waals surface area contributed by atoms with Crippen LogP contribution in [0.2, 0.25) is 0 Å². The molecule has 0 unspecified atom stereocenters. The number of nitrogens with one attached hydrogen (secondary N) is 2. The van der Waals surface area contributed by atoms with Crippen LogP contribution in [0.3, 0.4) is 0 Å². The number of carboxylic acids is 1. The van der Waals surface area contributed by atoms with Gasteiger partial charge in [0.15, 0.2) is 0 Å². The number of carbonyl (C=O) groups excluding carboxylic acids is 1. The highest BCUT2D eigenvalue weighted by atomic mass is 19.1. The minimum Gasteiger partial charge on any atom is -0.496 e. The molecule has 0 fully saturated rings. The summed E-state index contributed by atoms with van der Waals surface area (Å²) in [5.41, 5.74) is 4.44. The SMILES string of the molecule is COc1ccc(-c2ccc(N(C)c3ccccc3C(C)(C)C)c(NC(=O)Nc3ccccc3F)c2)cc1C(=O)O. The van der Waals surface area contributed by atoms with Crippen molar-refractivity contribution in [1.82, 2.24) is 0 Å². The molecule has 0 radical (unpaired) electrons. The fraction of sp³-hybridized carbons (Fsp3) is 0.188. The van der Waals surface area contributed by atoms with Crippen LogP contribution in [0.15, 0.2) is 84.9 Å². The molecule has 8 heteroatoms. The number of hydrogen-bond acceptors (Lipinski definition) is 4.